The first-order valence-electron chi connectivity index (χ1n) is 8.66. The number of aromatic nitrogens is 3. The molecular formula is C19H19FN6O. The van der Waals surface area contributed by atoms with Gasteiger partial charge in [-0.3, -0.25) is 9.36 Å². The van der Waals surface area contributed by atoms with Gasteiger partial charge in [-0.05, 0) is 42.5 Å². The first-order valence-corrected chi connectivity index (χ1v) is 8.66. The highest BCUT2D eigenvalue weighted by Crippen LogP contribution is 2.27. The van der Waals surface area contributed by atoms with Crippen molar-refractivity contribution in [2.24, 2.45) is 0 Å². The van der Waals surface area contributed by atoms with Crippen molar-refractivity contribution in [2.45, 2.75) is 0 Å². The summed E-state index contributed by atoms with van der Waals surface area (Å²) >= 11 is 0. The second-order valence-corrected chi connectivity index (χ2v) is 6.40. The molecule has 4 rings (SSSR count). The molecule has 1 fully saturated rings. The van der Waals surface area contributed by atoms with Gasteiger partial charge in [0.1, 0.15) is 18.5 Å². The van der Waals surface area contributed by atoms with Gasteiger partial charge < -0.3 is 15.5 Å². The van der Waals surface area contributed by atoms with Crippen LogP contribution in [-0.4, -0.2) is 51.8 Å². The number of nitrogen functional groups attached to an aromatic ring is 1. The summed E-state index contributed by atoms with van der Waals surface area (Å²) in [6.45, 7) is 2.54. The Morgan fingerprint density at radius 2 is 1.59 bits per heavy atom. The maximum absolute atomic E-state index is 13.1. The fourth-order valence-electron chi connectivity index (χ4n) is 3.27. The highest BCUT2D eigenvalue weighted by atomic mass is 19.1. The Labute approximate surface area is 155 Å². The van der Waals surface area contributed by atoms with E-state index >= 15 is 0 Å². The highest BCUT2D eigenvalue weighted by molar-refractivity contribution is 5.94. The number of hydrogen-bond donors (Lipinski definition) is 1. The van der Waals surface area contributed by atoms with Crippen LogP contribution in [0.15, 0.2) is 55.1 Å². The Kier molecular flexibility index (Phi) is 4.45. The van der Waals surface area contributed by atoms with E-state index in [1.54, 1.807) is 17.6 Å². The number of nitrogens with zero attached hydrogens (tertiary/aromatic N) is 5. The summed E-state index contributed by atoms with van der Waals surface area (Å²) in [5, 5.41) is 7.73. The molecule has 0 unspecified atom stereocenters. The number of carbonyl (C=O) groups is 1. The van der Waals surface area contributed by atoms with Crippen molar-refractivity contribution in [1.29, 1.82) is 0 Å². The SMILES string of the molecule is Nc1ccc(N2CCN(C(=O)c3ccc(F)cc3)CC2)c(-n2cnnc2)c1. The number of nitrogens with two attached hydrogens (primary N) is 1. The van der Waals surface area contributed by atoms with Crippen molar-refractivity contribution in [3.63, 3.8) is 0 Å². The molecule has 2 heterocycles. The molecule has 1 amide bonds. The molecule has 0 atom stereocenters. The molecule has 27 heavy (non-hydrogen) atoms. The summed E-state index contributed by atoms with van der Waals surface area (Å²) in [6.07, 6.45) is 3.26. The van der Waals surface area contributed by atoms with Crippen LogP contribution in [0.1, 0.15) is 10.4 Å². The Morgan fingerprint density at radius 3 is 2.26 bits per heavy atom. The molecular weight excluding hydrogens is 347 g/mol. The molecule has 1 aliphatic rings. The van der Waals surface area contributed by atoms with E-state index in [9.17, 15) is 9.18 Å². The van der Waals surface area contributed by atoms with Gasteiger partial charge in [0.2, 0.25) is 0 Å². The summed E-state index contributed by atoms with van der Waals surface area (Å²) in [4.78, 5) is 16.6. The van der Waals surface area contributed by atoms with Crippen molar-refractivity contribution in [2.75, 3.05) is 36.8 Å². The van der Waals surface area contributed by atoms with Crippen LogP contribution in [0.3, 0.4) is 0 Å². The largest absolute Gasteiger partial charge is 0.399 e. The van der Waals surface area contributed by atoms with Gasteiger partial charge in [-0.15, -0.1) is 10.2 Å². The summed E-state index contributed by atoms with van der Waals surface area (Å²) in [7, 11) is 0. The van der Waals surface area contributed by atoms with Gasteiger partial charge in [0.25, 0.3) is 5.91 Å². The fourth-order valence-corrected chi connectivity index (χ4v) is 3.27. The van der Waals surface area contributed by atoms with E-state index in [1.807, 2.05) is 22.8 Å². The zero-order chi connectivity index (χ0) is 18.8. The van der Waals surface area contributed by atoms with Crippen LogP contribution in [0.2, 0.25) is 0 Å². The van der Waals surface area contributed by atoms with Crippen molar-refractivity contribution >= 4 is 17.3 Å². The van der Waals surface area contributed by atoms with Crippen LogP contribution in [0.5, 0.6) is 0 Å². The van der Waals surface area contributed by atoms with Crippen molar-refractivity contribution in [3.05, 3.63) is 66.5 Å². The molecule has 0 aliphatic carbocycles. The molecule has 1 saturated heterocycles. The lowest BCUT2D eigenvalue weighted by Crippen LogP contribution is -2.49. The normalized spacial score (nSPS) is 14.4. The maximum atomic E-state index is 13.1. The van der Waals surface area contributed by atoms with E-state index in [4.69, 9.17) is 5.73 Å². The molecule has 7 nitrogen and oxygen atoms in total. The Bertz CT molecular complexity index is 933. The number of carbonyl (C=O) groups excluding carboxylic acids is 1. The summed E-state index contributed by atoms with van der Waals surface area (Å²) < 4.78 is 14.9. The van der Waals surface area contributed by atoms with Crippen LogP contribution < -0.4 is 10.6 Å². The lowest BCUT2D eigenvalue weighted by molar-refractivity contribution is 0.0747. The predicted octanol–water partition coefficient (Wildman–Crippen LogP) is 1.95. The number of hydrogen-bond acceptors (Lipinski definition) is 5. The third-order valence-electron chi connectivity index (χ3n) is 4.70. The molecule has 1 aliphatic heterocycles. The van der Waals surface area contributed by atoms with E-state index in [0.29, 0.717) is 37.4 Å². The molecule has 2 aromatic carbocycles. The van der Waals surface area contributed by atoms with Crippen LogP contribution in [0, 0.1) is 5.82 Å². The second kappa shape index (κ2) is 7.06. The van der Waals surface area contributed by atoms with Crippen molar-refractivity contribution < 1.29 is 9.18 Å². The number of anilines is 2. The van der Waals surface area contributed by atoms with Crippen molar-refractivity contribution in [1.82, 2.24) is 19.7 Å². The smallest absolute Gasteiger partial charge is 0.253 e. The topological polar surface area (TPSA) is 80.3 Å². The van der Waals surface area contributed by atoms with Crippen LogP contribution >= 0.6 is 0 Å². The van der Waals surface area contributed by atoms with Gasteiger partial charge in [0, 0.05) is 37.4 Å². The minimum Gasteiger partial charge on any atom is -0.399 e. The molecule has 2 N–H and O–H groups in total. The molecule has 0 spiro atoms. The lowest BCUT2D eigenvalue weighted by atomic mass is 10.1. The fraction of sp³-hybridized carbons (Fsp3) is 0.211. The average molecular weight is 366 g/mol. The number of rotatable bonds is 3. The standard InChI is InChI=1S/C19H19FN6O/c20-15-3-1-14(2-4-15)19(27)25-9-7-24(8-10-25)17-6-5-16(21)11-18(17)26-12-22-23-13-26/h1-6,11-13H,7-10,21H2. The van der Waals surface area contributed by atoms with Crippen LogP contribution in [0.4, 0.5) is 15.8 Å². The first-order chi connectivity index (χ1) is 13.1. The summed E-state index contributed by atoms with van der Waals surface area (Å²) in [5.74, 6) is -0.424. The van der Waals surface area contributed by atoms with Crippen molar-refractivity contribution in [3.8, 4) is 5.69 Å². The van der Waals surface area contributed by atoms with Gasteiger partial charge in [0.05, 0.1) is 11.4 Å². The van der Waals surface area contributed by atoms with Gasteiger partial charge >= 0.3 is 0 Å². The second-order valence-electron chi connectivity index (χ2n) is 6.40. The predicted molar refractivity (Wildman–Crippen MR) is 100 cm³/mol. The quantitative estimate of drug-likeness (QED) is 0.717. The number of piperazine rings is 1. The van der Waals surface area contributed by atoms with Gasteiger partial charge in [-0.2, -0.15) is 0 Å². The van der Waals surface area contributed by atoms with E-state index in [1.165, 1.54) is 24.3 Å². The van der Waals surface area contributed by atoms with Gasteiger partial charge in [-0.25, -0.2) is 4.39 Å². The molecule has 1 aromatic heterocycles. The van der Waals surface area contributed by atoms with Gasteiger partial charge in [0.15, 0.2) is 0 Å². The number of amides is 1. The van der Waals surface area contributed by atoms with Crippen LogP contribution in [-0.2, 0) is 0 Å². The molecule has 138 valence electrons. The Balaban J connectivity index is 1.50. The van der Waals surface area contributed by atoms with Crippen LogP contribution in [0.25, 0.3) is 5.69 Å². The highest BCUT2D eigenvalue weighted by Gasteiger charge is 2.24. The minimum absolute atomic E-state index is 0.0778. The van der Waals surface area contributed by atoms with E-state index < -0.39 is 0 Å². The lowest BCUT2D eigenvalue weighted by Gasteiger charge is -2.37. The third-order valence-corrected chi connectivity index (χ3v) is 4.70. The number of benzene rings is 2. The maximum Gasteiger partial charge on any atom is 0.253 e. The molecule has 0 saturated carbocycles. The Hall–Kier alpha value is -3.42. The van der Waals surface area contributed by atoms with E-state index in [0.717, 1.165) is 11.4 Å². The average Bonchev–Trinajstić information content (AvgIpc) is 3.23. The summed E-state index contributed by atoms with van der Waals surface area (Å²) in [5.41, 5.74) is 9.02. The van der Waals surface area contributed by atoms with Gasteiger partial charge in [-0.1, -0.05) is 0 Å². The Morgan fingerprint density at radius 1 is 0.926 bits per heavy atom. The van der Waals surface area contributed by atoms with E-state index in [-0.39, 0.29) is 11.7 Å². The molecule has 8 heteroatoms. The zero-order valence-electron chi connectivity index (χ0n) is 14.6. The molecule has 3 aromatic rings. The molecule has 0 bridgehead atoms. The monoisotopic (exact) mass is 366 g/mol. The summed E-state index contributed by atoms with van der Waals surface area (Å²) in [6, 6.07) is 11.4. The zero-order valence-corrected chi connectivity index (χ0v) is 14.6. The minimum atomic E-state index is -0.346. The molecule has 0 radical (unpaired) electrons. The number of halogens is 1. The van der Waals surface area contributed by atoms with E-state index in [2.05, 4.69) is 15.1 Å². The first kappa shape index (κ1) is 17.0. The third kappa shape index (κ3) is 3.46.